The fourth-order valence-electron chi connectivity index (χ4n) is 1.86. The van der Waals surface area contributed by atoms with E-state index in [2.05, 4.69) is 22.6 Å². The predicted octanol–water partition coefficient (Wildman–Crippen LogP) is 1.10. The number of ether oxygens (including phenoxy) is 2. The Bertz CT molecular complexity index is 490. The zero-order valence-corrected chi connectivity index (χ0v) is 14.6. The maximum atomic E-state index is 11.6. The first-order chi connectivity index (χ1) is 11.7. The number of carbonyl (C=O) groups excluding carboxylic acids is 2. The minimum atomic E-state index is -0.222. The van der Waals surface area contributed by atoms with Crippen LogP contribution in [0.2, 0.25) is 0 Å². The highest BCUT2D eigenvalue weighted by molar-refractivity contribution is 5.79. The molecule has 8 nitrogen and oxygen atoms in total. The smallest absolute Gasteiger partial charge is 0.246 e. The summed E-state index contributed by atoms with van der Waals surface area (Å²) in [6.07, 6.45) is 5.71. The number of aryl methyl sites for hydroxylation is 1. The molecule has 1 rings (SSSR count). The number of hydrogen-bond donors (Lipinski definition) is 1. The average molecular weight is 340 g/mol. The van der Waals surface area contributed by atoms with Gasteiger partial charge in [-0.25, -0.2) is 0 Å². The standard InChI is InChI=1S/C16H28N4O4/c1-3-5-6-7-20-11-14(18-19-20)10-17-16(22)13-24-9-8-23-12-15(21)4-2/h11H,3-10,12-13H2,1-2H3,(H,17,22). The van der Waals surface area contributed by atoms with E-state index < -0.39 is 0 Å². The number of nitrogens with one attached hydrogen (secondary N) is 1. The van der Waals surface area contributed by atoms with Crippen LogP contribution in [0.4, 0.5) is 0 Å². The van der Waals surface area contributed by atoms with Gasteiger partial charge in [-0.1, -0.05) is 31.9 Å². The van der Waals surface area contributed by atoms with Gasteiger partial charge in [-0.3, -0.25) is 14.3 Å². The van der Waals surface area contributed by atoms with Gasteiger partial charge in [-0.2, -0.15) is 0 Å². The SMILES string of the molecule is CCCCCn1cc(CNC(=O)COCCOCC(=O)CC)nn1. The first-order valence-corrected chi connectivity index (χ1v) is 8.48. The van der Waals surface area contributed by atoms with Crippen LogP contribution in [0, 0.1) is 0 Å². The lowest BCUT2D eigenvalue weighted by Gasteiger charge is -2.05. The molecule has 0 saturated carbocycles. The Morgan fingerprint density at radius 2 is 1.92 bits per heavy atom. The summed E-state index contributed by atoms with van der Waals surface area (Å²) in [7, 11) is 0. The maximum absolute atomic E-state index is 11.6. The summed E-state index contributed by atoms with van der Waals surface area (Å²) >= 11 is 0. The normalized spacial score (nSPS) is 10.8. The van der Waals surface area contributed by atoms with Crippen LogP contribution in [0.1, 0.15) is 45.2 Å². The zero-order valence-electron chi connectivity index (χ0n) is 14.6. The number of hydrogen-bond acceptors (Lipinski definition) is 6. The van der Waals surface area contributed by atoms with Crippen molar-refractivity contribution in [1.82, 2.24) is 20.3 Å². The highest BCUT2D eigenvalue weighted by atomic mass is 16.5. The molecule has 0 radical (unpaired) electrons. The minimum Gasteiger partial charge on any atom is -0.371 e. The summed E-state index contributed by atoms with van der Waals surface area (Å²) in [5, 5.41) is 10.8. The Labute approximate surface area is 142 Å². The van der Waals surface area contributed by atoms with E-state index in [1.165, 1.54) is 6.42 Å². The Kier molecular flexibility index (Phi) is 10.6. The topological polar surface area (TPSA) is 95.3 Å². The van der Waals surface area contributed by atoms with Crippen LogP contribution in [-0.4, -0.2) is 53.1 Å². The second-order valence-corrected chi connectivity index (χ2v) is 5.45. The molecule has 1 N–H and O–H groups in total. The highest BCUT2D eigenvalue weighted by Gasteiger charge is 2.05. The lowest BCUT2D eigenvalue weighted by Crippen LogP contribution is -2.28. The van der Waals surface area contributed by atoms with E-state index in [0.717, 1.165) is 25.1 Å². The number of carbonyl (C=O) groups is 2. The summed E-state index contributed by atoms with van der Waals surface area (Å²) in [6, 6.07) is 0. The molecule has 8 heteroatoms. The van der Waals surface area contributed by atoms with Gasteiger partial charge in [0, 0.05) is 13.0 Å². The third kappa shape index (κ3) is 9.36. The lowest BCUT2D eigenvalue weighted by atomic mass is 10.2. The van der Waals surface area contributed by atoms with Gasteiger partial charge in [-0.05, 0) is 6.42 Å². The van der Waals surface area contributed by atoms with Crippen LogP contribution in [-0.2, 0) is 32.2 Å². The summed E-state index contributed by atoms with van der Waals surface area (Å²) in [5.74, 6) is -0.171. The molecule has 1 heterocycles. The maximum Gasteiger partial charge on any atom is 0.246 e. The van der Waals surface area contributed by atoms with E-state index >= 15 is 0 Å². The Balaban J connectivity index is 2.06. The van der Waals surface area contributed by atoms with Crippen molar-refractivity contribution in [2.24, 2.45) is 0 Å². The van der Waals surface area contributed by atoms with Gasteiger partial charge in [0.05, 0.1) is 26.0 Å². The number of ketones is 1. The van der Waals surface area contributed by atoms with Gasteiger partial charge in [-0.15, -0.1) is 5.10 Å². The van der Waals surface area contributed by atoms with Crippen LogP contribution in [0.5, 0.6) is 0 Å². The number of nitrogens with zero attached hydrogens (tertiary/aromatic N) is 3. The zero-order chi connectivity index (χ0) is 17.6. The molecule has 0 aliphatic rings. The summed E-state index contributed by atoms with van der Waals surface area (Å²) < 4.78 is 12.1. The summed E-state index contributed by atoms with van der Waals surface area (Å²) in [6.45, 7) is 5.74. The fourth-order valence-corrected chi connectivity index (χ4v) is 1.86. The molecule has 0 unspecified atom stereocenters. The van der Waals surface area contributed by atoms with Crippen molar-refractivity contribution in [3.05, 3.63) is 11.9 Å². The molecule has 1 amide bonds. The van der Waals surface area contributed by atoms with Crippen LogP contribution >= 0.6 is 0 Å². The number of Topliss-reactive ketones (excluding diaryl/α,β-unsaturated/α-hetero) is 1. The molecule has 136 valence electrons. The van der Waals surface area contributed by atoms with Crippen molar-refractivity contribution in [3.63, 3.8) is 0 Å². The molecule has 0 aromatic carbocycles. The molecule has 0 aliphatic heterocycles. The van der Waals surface area contributed by atoms with E-state index in [4.69, 9.17) is 9.47 Å². The van der Waals surface area contributed by atoms with Crippen molar-refractivity contribution in [3.8, 4) is 0 Å². The van der Waals surface area contributed by atoms with Gasteiger partial charge >= 0.3 is 0 Å². The van der Waals surface area contributed by atoms with Crippen molar-refractivity contribution >= 4 is 11.7 Å². The average Bonchev–Trinajstić information content (AvgIpc) is 3.04. The van der Waals surface area contributed by atoms with Gasteiger partial charge in [0.2, 0.25) is 5.91 Å². The molecule has 0 aliphatic carbocycles. The van der Waals surface area contributed by atoms with Crippen LogP contribution in [0.15, 0.2) is 6.20 Å². The largest absolute Gasteiger partial charge is 0.371 e. The molecular formula is C16H28N4O4. The number of aromatic nitrogens is 3. The lowest BCUT2D eigenvalue weighted by molar-refractivity contribution is -0.128. The molecule has 0 bridgehead atoms. The Morgan fingerprint density at radius 3 is 2.62 bits per heavy atom. The first kappa shape index (κ1) is 20.2. The molecule has 0 atom stereocenters. The second-order valence-electron chi connectivity index (χ2n) is 5.45. The summed E-state index contributed by atoms with van der Waals surface area (Å²) in [4.78, 5) is 22.6. The fraction of sp³-hybridized carbons (Fsp3) is 0.750. The minimum absolute atomic E-state index is 0.0459. The molecular weight excluding hydrogens is 312 g/mol. The molecule has 24 heavy (non-hydrogen) atoms. The van der Waals surface area contributed by atoms with Crippen LogP contribution < -0.4 is 5.32 Å². The van der Waals surface area contributed by atoms with Crippen molar-refractivity contribution in [1.29, 1.82) is 0 Å². The van der Waals surface area contributed by atoms with Gasteiger partial charge in [0.25, 0.3) is 0 Å². The molecule has 0 fully saturated rings. The summed E-state index contributed by atoms with van der Waals surface area (Å²) in [5.41, 5.74) is 0.723. The van der Waals surface area contributed by atoms with Crippen molar-refractivity contribution in [2.75, 3.05) is 26.4 Å². The van der Waals surface area contributed by atoms with Crippen molar-refractivity contribution < 1.29 is 19.1 Å². The van der Waals surface area contributed by atoms with E-state index in [-0.39, 0.29) is 31.5 Å². The predicted molar refractivity (Wildman–Crippen MR) is 88.3 cm³/mol. The van der Waals surface area contributed by atoms with Gasteiger partial charge in [0.15, 0.2) is 5.78 Å². The van der Waals surface area contributed by atoms with E-state index in [1.807, 2.05) is 6.20 Å². The van der Waals surface area contributed by atoms with Crippen LogP contribution in [0.3, 0.4) is 0 Å². The third-order valence-electron chi connectivity index (χ3n) is 3.31. The molecule has 1 aromatic heterocycles. The van der Waals surface area contributed by atoms with E-state index in [1.54, 1.807) is 11.6 Å². The monoisotopic (exact) mass is 340 g/mol. The first-order valence-electron chi connectivity index (χ1n) is 8.48. The third-order valence-corrected chi connectivity index (χ3v) is 3.31. The number of rotatable bonds is 14. The van der Waals surface area contributed by atoms with E-state index in [9.17, 15) is 9.59 Å². The van der Waals surface area contributed by atoms with Crippen LogP contribution in [0.25, 0.3) is 0 Å². The number of amides is 1. The van der Waals surface area contributed by atoms with E-state index in [0.29, 0.717) is 19.6 Å². The molecule has 0 spiro atoms. The Morgan fingerprint density at radius 1 is 1.17 bits per heavy atom. The van der Waals surface area contributed by atoms with Gasteiger partial charge < -0.3 is 14.8 Å². The molecule has 1 aromatic rings. The number of unbranched alkanes of at least 4 members (excludes halogenated alkanes) is 2. The van der Waals surface area contributed by atoms with Gasteiger partial charge in [0.1, 0.15) is 18.9 Å². The highest BCUT2D eigenvalue weighted by Crippen LogP contribution is 1.99. The molecule has 0 saturated heterocycles. The Hall–Kier alpha value is -1.80. The second kappa shape index (κ2) is 12.6. The quantitative estimate of drug-likeness (QED) is 0.510. The van der Waals surface area contributed by atoms with Crippen molar-refractivity contribution in [2.45, 2.75) is 52.6 Å².